The number of rotatable bonds is 40. The van der Waals surface area contributed by atoms with Gasteiger partial charge in [-0.25, -0.2) is 0 Å². The predicted octanol–water partition coefficient (Wildman–Crippen LogP) is 12.9. The van der Waals surface area contributed by atoms with E-state index in [0.717, 1.165) is 0 Å². The topological polar surface area (TPSA) is 0 Å². The Morgan fingerprint density at radius 3 is 0.478 bits per heavy atom. The van der Waals surface area contributed by atoms with E-state index in [1.54, 1.807) is 0 Å². The highest BCUT2D eigenvalue weighted by Crippen LogP contribution is 2.21. The molecule has 0 aliphatic carbocycles. The van der Waals surface area contributed by atoms with Crippen molar-refractivity contribution in [3.05, 3.63) is 0 Å². The first-order valence-electron chi connectivity index (χ1n) is 22.1. The van der Waals surface area contributed by atoms with Crippen LogP contribution >= 0.6 is 0 Å². The first-order chi connectivity index (χ1) is 22.2. The number of hydrogen-bond acceptors (Lipinski definition) is 0. The van der Waals surface area contributed by atoms with E-state index in [1.807, 2.05) is 0 Å². The van der Waals surface area contributed by atoms with Gasteiger partial charge < -0.3 is 21.5 Å². The average molecular weight is 715 g/mol. The molecule has 0 aliphatic heterocycles. The Hall–Kier alpha value is 0.440. The van der Waals surface area contributed by atoms with E-state index >= 15 is 0 Å². The van der Waals surface area contributed by atoms with Gasteiger partial charge >= 0.3 is 0 Å². The molecule has 0 fully saturated rings. The van der Waals surface area contributed by atoms with Crippen molar-refractivity contribution in [2.75, 3.05) is 26.2 Å². The summed E-state index contributed by atoms with van der Waals surface area (Å²) in [5, 5.41) is 0. The molecule has 0 saturated heterocycles. The molecule has 46 heavy (non-hydrogen) atoms. The first-order valence-corrected chi connectivity index (χ1v) is 22.1. The van der Waals surface area contributed by atoms with E-state index in [9.17, 15) is 0 Å². The molecule has 0 bridgehead atoms. The number of hydrogen-bond donors (Lipinski definition) is 0. The molecule has 0 heterocycles. The summed E-state index contributed by atoms with van der Waals surface area (Å²) in [5.41, 5.74) is 0. The van der Waals surface area contributed by atoms with Crippen molar-refractivity contribution in [1.82, 2.24) is 0 Å². The molecule has 0 aromatic carbocycles. The SMILES string of the molecule is CCCCCCCCCCCC[N+](CCCCCCCC)(CCCCCCCCCCCC)CCCCCCCCCCCC.[Br-]. The lowest BCUT2D eigenvalue weighted by molar-refractivity contribution is -0.929. The van der Waals surface area contributed by atoms with Crippen LogP contribution in [0.3, 0.4) is 0 Å². The van der Waals surface area contributed by atoms with Gasteiger partial charge in [0.1, 0.15) is 0 Å². The van der Waals surface area contributed by atoms with Crippen LogP contribution in [0.5, 0.6) is 0 Å². The second kappa shape index (κ2) is 41.6. The maximum atomic E-state index is 2.35. The van der Waals surface area contributed by atoms with Gasteiger partial charge in [0.05, 0.1) is 26.2 Å². The zero-order valence-corrected chi connectivity index (χ0v) is 34.7. The molecule has 280 valence electrons. The van der Waals surface area contributed by atoms with Gasteiger partial charge in [0.15, 0.2) is 0 Å². The van der Waals surface area contributed by atoms with Crippen molar-refractivity contribution in [3.63, 3.8) is 0 Å². The fraction of sp³-hybridized carbons (Fsp3) is 1.00. The maximum absolute atomic E-state index is 2.35. The molecule has 0 saturated carbocycles. The van der Waals surface area contributed by atoms with Gasteiger partial charge in [-0.05, 0) is 51.4 Å². The molecule has 0 aromatic heterocycles. The Morgan fingerprint density at radius 2 is 0.326 bits per heavy atom. The Bertz CT molecular complexity index is 460. The molecule has 0 aromatic rings. The summed E-state index contributed by atoms with van der Waals surface area (Å²) < 4.78 is 1.48. The number of unbranched alkanes of at least 4 members (excludes halogenated alkanes) is 32. The van der Waals surface area contributed by atoms with Crippen LogP contribution < -0.4 is 17.0 Å². The molecule has 0 rings (SSSR count). The molecule has 0 atom stereocenters. The van der Waals surface area contributed by atoms with Crippen LogP contribution in [0.25, 0.3) is 0 Å². The molecule has 0 N–H and O–H groups in total. The van der Waals surface area contributed by atoms with Crippen LogP contribution in [0.15, 0.2) is 0 Å². The minimum atomic E-state index is 0. The number of quaternary nitrogens is 1. The highest BCUT2D eigenvalue weighted by molar-refractivity contribution is 4.56. The van der Waals surface area contributed by atoms with Crippen molar-refractivity contribution in [1.29, 1.82) is 0 Å². The quantitative estimate of drug-likeness (QED) is 0.0438. The van der Waals surface area contributed by atoms with Gasteiger partial charge in [-0.3, -0.25) is 0 Å². The third-order valence-electron chi connectivity index (χ3n) is 10.9. The summed E-state index contributed by atoms with van der Waals surface area (Å²) in [7, 11) is 0. The minimum Gasteiger partial charge on any atom is -1.00 e. The fourth-order valence-electron chi connectivity index (χ4n) is 7.70. The summed E-state index contributed by atoms with van der Waals surface area (Å²) in [4.78, 5) is 0. The summed E-state index contributed by atoms with van der Waals surface area (Å²) in [6.07, 6.45) is 52.7. The van der Waals surface area contributed by atoms with Crippen molar-refractivity contribution in [3.8, 4) is 0 Å². The Morgan fingerprint density at radius 1 is 0.196 bits per heavy atom. The van der Waals surface area contributed by atoms with E-state index in [2.05, 4.69) is 27.7 Å². The minimum absolute atomic E-state index is 0. The van der Waals surface area contributed by atoms with Crippen molar-refractivity contribution < 1.29 is 21.5 Å². The third kappa shape index (κ3) is 35.7. The second-order valence-corrected chi connectivity index (χ2v) is 15.5. The van der Waals surface area contributed by atoms with Gasteiger partial charge in [-0.15, -0.1) is 0 Å². The van der Waals surface area contributed by atoms with Crippen molar-refractivity contribution >= 4 is 0 Å². The summed E-state index contributed by atoms with van der Waals surface area (Å²) >= 11 is 0. The lowest BCUT2D eigenvalue weighted by atomic mass is 10.0. The zero-order chi connectivity index (χ0) is 32.8. The summed E-state index contributed by atoms with van der Waals surface area (Å²) in [5.74, 6) is 0. The van der Waals surface area contributed by atoms with Gasteiger partial charge in [0.2, 0.25) is 0 Å². The highest BCUT2D eigenvalue weighted by Gasteiger charge is 2.25. The largest absolute Gasteiger partial charge is 1.00 e. The first kappa shape index (κ1) is 48.6. The van der Waals surface area contributed by atoms with Crippen LogP contribution in [-0.4, -0.2) is 30.7 Å². The summed E-state index contributed by atoms with van der Waals surface area (Å²) in [6.45, 7) is 15.3. The smallest absolute Gasteiger partial charge is 0.0786 e. The monoisotopic (exact) mass is 714 g/mol. The second-order valence-electron chi connectivity index (χ2n) is 15.5. The van der Waals surface area contributed by atoms with E-state index in [0.29, 0.717) is 0 Å². The maximum Gasteiger partial charge on any atom is 0.0786 e. The van der Waals surface area contributed by atoms with Crippen molar-refractivity contribution in [2.45, 2.75) is 259 Å². The van der Waals surface area contributed by atoms with Gasteiger partial charge in [-0.2, -0.15) is 0 Å². The highest BCUT2D eigenvalue weighted by atomic mass is 79.9. The lowest BCUT2D eigenvalue weighted by Gasteiger charge is -2.40. The van der Waals surface area contributed by atoms with Gasteiger partial charge in [0.25, 0.3) is 0 Å². The molecule has 2 heteroatoms. The molecular weight excluding hydrogens is 622 g/mol. The van der Waals surface area contributed by atoms with Crippen molar-refractivity contribution in [2.24, 2.45) is 0 Å². The molecule has 0 spiro atoms. The zero-order valence-electron chi connectivity index (χ0n) is 33.1. The molecule has 0 unspecified atom stereocenters. The van der Waals surface area contributed by atoms with Crippen LogP contribution in [-0.2, 0) is 0 Å². The fourth-order valence-corrected chi connectivity index (χ4v) is 7.70. The lowest BCUT2D eigenvalue weighted by Crippen LogP contribution is -3.00. The molecule has 1 nitrogen and oxygen atoms in total. The Balaban J connectivity index is 0. The van der Waals surface area contributed by atoms with E-state index in [-0.39, 0.29) is 17.0 Å². The number of nitrogens with zero attached hydrogens (tertiary/aromatic N) is 1. The van der Waals surface area contributed by atoms with Gasteiger partial charge in [-0.1, -0.05) is 207 Å². The molecular formula is C44H92BrN. The van der Waals surface area contributed by atoms with Gasteiger partial charge in [0, 0.05) is 0 Å². The van der Waals surface area contributed by atoms with Crippen LogP contribution in [0.1, 0.15) is 259 Å². The summed E-state index contributed by atoms with van der Waals surface area (Å²) in [6, 6.07) is 0. The van der Waals surface area contributed by atoms with Crippen LogP contribution in [0.2, 0.25) is 0 Å². The van der Waals surface area contributed by atoms with Crippen LogP contribution in [0, 0.1) is 0 Å². The number of halogens is 1. The Kier molecular flexibility index (Phi) is 43.9. The normalized spacial score (nSPS) is 11.7. The average Bonchev–Trinajstić information content (AvgIpc) is 3.05. The standard InChI is InChI=1S/C44H92N.BrH/c1-5-9-13-17-21-24-27-30-34-38-42-45(41-37-33-20-16-12-8-4,43-39-35-31-28-25-22-18-14-10-6-2)44-40-36-32-29-26-23-19-15-11-7-3;/h5-44H2,1-4H3;1H/q+1;/p-1. The van der Waals surface area contributed by atoms with Crippen LogP contribution in [0.4, 0.5) is 0 Å². The predicted molar refractivity (Wildman–Crippen MR) is 209 cm³/mol. The molecule has 0 aliphatic rings. The molecule has 0 radical (unpaired) electrons. The van der Waals surface area contributed by atoms with E-state index in [4.69, 9.17) is 0 Å². The third-order valence-corrected chi connectivity index (χ3v) is 10.9. The molecule has 0 amide bonds. The Labute approximate surface area is 305 Å². The van der Waals surface area contributed by atoms with E-state index in [1.165, 1.54) is 262 Å². The van der Waals surface area contributed by atoms with E-state index < -0.39 is 0 Å².